The van der Waals surface area contributed by atoms with Crippen molar-refractivity contribution < 1.29 is 0 Å². The predicted octanol–water partition coefficient (Wildman–Crippen LogP) is 4.52. The van der Waals surface area contributed by atoms with Gasteiger partial charge in [-0.1, -0.05) is 28.1 Å². The van der Waals surface area contributed by atoms with Gasteiger partial charge in [-0.3, -0.25) is 5.43 Å². The molecule has 2 aromatic heterocycles. The molecule has 2 heterocycles. The van der Waals surface area contributed by atoms with E-state index < -0.39 is 0 Å². The number of benzene rings is 1. The maximum Gasteiger partial charge on any atom is 0.158 e. The Labute approximate surface area is 135 Å². The van der Waals surface area contributed by atoms with Gasteiger partial charge in [0.25, 0.3) is 0 Å². The topological polar surface area (TPSA) is 50.2 Å². The van der Waals surface area contributed by atoms with Crippen LogP contribution in [-0.4, -0.2) is 16.2 Å². The second kappa shape index (κ2) is 5.91. The maximum absolute atomic E-state index is 4.31. The first-order valence-electron chi connectivity index (χ1n) is 6.40. The number of halogens is 1. The Balaban J connectivity index is 1.87. The molecule has 0 atom stereocenters. The van der Waals surface area contributed by atoms with Gasteiger partial charge < -0.3 is 0 Å². The second-order valence-electron chi connectivity index (χ2n) is 4.61. The van der Waals surface area contributed by atoms with Gasteiger partial charge in [0.05, 0.1) is 11.6 Å². The molecule has 0 amide bonds. The highest BCUT2D eigenvalue weighted by atomic mass is 79.9. The summed E-state index contributed by atoms with van der Waals surface area (Å²) >= 11 is 5.09. The minimum Gasteiger partial charge on any atom is -0.261 e. The fourth-order valence-electron chi connectivity index (χ4n) is 1.98. The largest absolute Gasteiger partial charge is 0.261 e. The van der Waals surface area contributed by atoms with Crippen molar-refractivity contribution in [1.82, 2.24) is 9.97 Å². The van der Waals surface area contributed by atoms with Crippen molar-refractivity contribution in [3.05, 3.63) is 51.1 Å². The van der Waals surface area contributed by atoms with Crippen LogP contribution in [0.25, 0.3) is 10.2 Å². The summed E-state index contributed by atoms with van der Waals surface area (Å²) < 4.78 is 1.05. The van der Waals surface area contributed by atoms with E-state index >= 15 is 0 Å². The van der Waals surface area contributed by atoms with Gasteiger partial charge in [0, 0.05) is 9.35 Å². The van der Waals surface area contributed by atoms with Crippen molar-refractivity contribution in [2.24, 2.45) is 5.10 Å². The van der Waals surface area contributed by atoms with E-state index in [2.05, 4.69) is 50.3 Å². The van der Waals surface area contributed by atoms with E-state index in [0.717, 1.165) is 26.1 Å². The molecule has 0 unspecified atom stereocenters. The van der Waals surface area contributed by atoms with Gasteiger partial charge in [-0.25, -0.2) is 9.97 Å². The summed E-state index contributed by atoms with van der Waals surface area (Å²) in [6.07, 6.45) is 3.34. The summed E-state index contributed by atoms with van der Waals surface area (Å²) in [5.74, 6) is 0.746. The SMILES string of the molecule is Cc1sc2ncnc(N/N=C/c3ccc(Br)cc3)c2c1C. The van der Waals surface area contributed by atoms with Crippen molar-refractivity contribution in [2.75, 3.05) is 5.43 Å². The zero-order valence-electron chi connectivity index (χ0n) is 11.6. The van der Waals surface area contributed by atoms with Crippen molar-refractivity contribution in [3.63, 3.8) is 0 Å². The number of fused-ring (bicyclic) bond motifs is 1. The predicted molar refractivity (Wildman–Crippen MR) is 92.2 cm³/mol. The first-order valence-corrected chi connectivity index (χ1v) is 8.01. The van der Waals surface area contributed by atoms with Crippen molar-refractivity contribution in [3.8, 4) is 0 Å². The molecule has 0 fully saturated rings. The molecule has 0 saturated carbocycles. The molecule has 0 bridgehead atoms. The van der Waals surface area contributed by atoms with Crippen LogP contribution in [0.1, 0.15) is 16.0 Å². The third kappa shape index (κ3) is 2.96. The van der Waals surface area contributed by atoms with Crippen molar-refractivity contribution in [2.45, 2.75) is 13.8 Å². The van der Waals surface area contributed by atoms with Crippen molar-refractivity contribution >= 4 is 49.5 Å². The Morgan fingerprint density at radius 3 is 2.71 bits per heavy atom. The van der Waals surface area contributed by atoms with Crippen LogP contribution in [0.2, 0.25) is 0 Å². The number of aryl methyl sites for hydroxylation is 2. The zero-order valence-corrected chi connectivity index (χ0v) is 14.0. The molecule has 0 aliphatic rings. The van der Waals surface area contributed by atoms with Gasteiger partial charge in [0.15, 0.2) is 5.82 Å². The van der Waals surface area contributed by atoms with Crippen LogP contribution in [0.15, 0.2) is 40.2 Å². The van der Waals surface area contributed by atoms with Crippen LogP contribution in [0, 0.1) is 13.8 Å². The molecule has 0 spiro atoms. The average Bonchev–Trinajstić information content (AvgIpc) is 2.77. The number of nitrogens with zero attached hydrogens (tertiary/aromatic N) is 3. The quantitative estimate of drug-likeness (QED) is 0.551. The lowest BCUT2D eigenvalue weighted by molar-refractivity contribution is 1.19. The monoisotopic (exact) mass is 360 g/mol. The molecule has 1 N–H and O–H groups in total. The Kier molecular flexibility index (Phi) is 3.98. The number of hydrogen-bond donors (Lipinski definition) is 1. The van der Waals surface area contributed by atoms with Crippen LogP contribution in [0.5, 0.6) is 0 Å². The lowest BCUT2D eigenvalue weighted by atomic mass is 10.2. The Morgan fingerprint density at radius 1 is 1.19 bits per heavy atom. The van der Waals surface area contributed by atoms with Crippen LogP contribution in [-0.2, 0) is 0 Å². The molecular formula is C15H13BrN4S. The number of nitrogens with one attached hydrogen (secondary N) is 1. The molecule has 0 radical (unpaired) electrons. The molecule has 106 valence electrons. The van der Waals surface area contributed by atoms with E-state index in [1.165, 1.54) is 10.4 Å². The lowest BCUT2D eigenvalue weighted by Crippen LogP contribution is -1.95. The Bertz CT molecular complexity index is 808. The van der Waals surface area contributed by atoms with E-state index in [-0.39, 0.29) is 0 Å². The highest BCUT2D eigenvalue weighted by molar-refractivity contribution is 9.10. The standard InChI is InChI=1S/C15H13BrN4S/c1-9-10(2)21-15-13(9)14(17-8-18-15)20-19-7-11-3-5-12(16)6-4-11/h3-8H,1-2H3,(H,17,18,20)/b19-7+. The second-order valence-corrected chi connectivity index (χ2v) is 6.73. The molecule has 0 aliphatic heterocycles. The molecule has 1 aromatic carbocycles. The number of rotatable bonds is 3. The molecule has 21 heavy (non-hydrogen) atoms. The summed E-state index contributed by atoms with van der Waals surface area (Å²) in [4.78, 5) is 10.8. The fraction of sp³-hybridized carbons (Fsp3) is 0.133. The molecule has 0 aliphatic carbocycles. The molecule has 4 nitrogen and oxygen atoms in total. The number of anilines is 1. The van der Waals surface area contributed by atoms with Gasteiger partial charge in [-0.2, -0.15) is 5.10 Å². The highest BCUT2D eigenvalue weighted by Crippen LogP contribution is 2.32. The third-order valence-corrected chi connectivity index (χ3v) is 4.86. The van der Waals surface area contributed by atoms with Gasteiger partial charge >= 0.3 is 0 Å². The van der Waals surface area contributed by atoms with E-state index in [1.54, 1.807) is 23.9 Å². The molecule has 3 aromatic rings. The summed E-state index contributed by atoms with van der Waals surface area (Å²) in [5.41, 5.74) is 5.25. The van der Waals surface area contributed by atoms with E-state index in [0.29, 0.717) is 0 Å². The van der Waals surface area contributed by atoms with Gasteiger partial charge in [-0.15, -0.1) is 11.3 Å². The molecule has 0 saturated heterocycles. The first-order chi connectivity index (χ1) is 10.1. The maximum atomic E-state index is 4.31. The smallest absolute Gasteiger partial charge is 0.158 e. The minimum absolute atomic E-state index is 0.746. The van der Waals surface area contributed by atoms with Crippen LogP contribution in [0.3, 0.4) is 0 Å². The van der Waals surface area contributed by atoms with E-state index in [4.69, 9.17) is 0 Å². The van der Waals surface area contributed by atoms with E-state index in [1.807, 2.05) is 24.3 Å². The normalized spacial score (nSPS) is 11.4. The number of hydrogen-bond acceptors (Lipinski definition) is 5. The van der Waals surface area contributed by atoms with Gasteiger partial charge in [0.2, 0.25) is 0 Å². The number of thiophene rings is 1. The minimum atomic E-state index is 0.746. The molecular weight excluding hydrogens is 348 g/mol. The highest BCUT2D eigenvalue weighted by Gasteiger charge is 2.10. The Hall–Kier alpha value is -1.79. The van der Waals surface area contributed by atoms with Crippen molar-refractivity contribution in [1.29, 1.82) is 0 Å². The Morgan fingerprint density at radius 2 is 1.95 bits per heavy atom. The summed E-state index contributed by atoms with van der Waals surface area (Å²) in [5, 5.41) is 5.32. The molecule has 6 heteroatoms. The molecule has 3 rings (SSSR count). The number of aromatic nitrogens is 2. The third-order valence-electron chi connectivity index (χ3n) is 3.22. The fourth-order valence-corrected chi connectivity index (χ4v) is 3.25. The van der Waals surface area contributed by atoms with Crippen LogP contribution < -0.4 is 5.43 Å². The van der Waals surface area contributed by atoms with Crippen LogP contribution >= 0.6 is 27.3 Å². The van der Waals surface area contributed by atoms with E-state index in [9.17, 15) is 0 Å². The number of hydrazone groups is 1. The van der Waals surface area contributed by atoms with Gasteiger partial charge in [-0.05, 0) is 37.1 Å². The average molecular weight is 361 g/mol. The summed E-state index contributed by atoms with van der Waals surface area (Å²) in [7, 11) is 0. The summed E-state index contributed by atoms with van der Waals surface area (Å²) in [6.45, 7) is 4.18. The van der Waals surface area contributed by atoms with Crippen LogP contribution in [0.4, 0.5) is 5.82 Å². The van der Waals surface area contributed by atoms with Gasteiger partial charge in [0.1, 0.15) is 11.2 Å². The first kappa shape index (κ1) is 14.2. The summed E-state index contributed by atoms with van der Waals surface area (Å²) in [6, 6.07) is 7.95. The zero-order chi connectivity index (χ0) is 14.8. The lowest BCUT2D eigenvalue weighted by Gasteiger charge is -2.02.